The van der Waals surface area contributed by atoms with Crippen molar-refractivity contribution in [2.45, 2.75) is 33.4 Å². The number of carbonyl (C=O) groups excluding carboxylic acids is 1. The van der Waals surface area contributed by atoms with Crippen LogP contribution < -0.4 is 5.32 Å². The van der Waals surface area contributed by atoms with Gasteiger partial charge in [0.25, 0.3) is 5.91 Å². The topological polar surface area (TPSA) is 77.6 Å². The largest absolute Gasteiger partial charge is 0.352 e. The molecule has 0 atom stereocenters. The monoisotopic (exact) mass is 338 g/mol. The lowest BCUT2D eigenvalue weighted by molar-refractivity contribution is 0.0952. The Bertz CT molecular complexity index is 837. The molecule has 130 valence electrons. The lowest BCUT2D eigenvalue weighted by atomic mass is 10.1. The standard InChI is InChI=1S/C18H22N6O/c1-14-9-15(2)24(22-14)11-16-5-3-6-17(10-16)18(25)20-7-4-8-23-13-19-12-21-23/h3,5-6,9-10,12-13H,4,7-8,11H2,1-2H3,(H,20,25). The van der Waals surface area contributed by atoms with Gasteiger partial charge in [-0.1, -0.05) is 12.1 Å². The minimum atomic E-state index is -0.0613. The molecule has 1 N–H and O–H groups in total. The summed E-state index contributed by atoms with van der Waals surface area (Å²) >= 11 is 0. The first-order valence-electron chi connectivity index (χ1n) is 8.32. The number of hydrogen-bond donors (Lipinski definition) is 1. The molecular formula is C18H22N6O. The summed E-state index contributed by atoms with van der Waals surface area (Å²) in [6.07, 6.45) is 3.98. The highest BCUT2D eigenvalue weighted by Crippen LogP contribution is 2.10. The van der Waals surface area contributed by atoms with Crippen LogP contribution >= 0.6 is 0 Å². The van der Waals surface area contributed by atoms with E-state index in [1.54, 1.807) is 11.0 Å². The number of benzene rings is 1. The quantitative estimate of drug-likeness (QED) is 0.668. The maximum Gasteiger partial charge on any atom is 0.251 e. The Labute approximate surface area is 146 Å². The van der Waals surface area contributed by atoms with Crippen molar-refractivity contribution in [1.82, 2.24) is 29.9 Å². The van der Waals surface area contributed by atoms with Crippen molar-refractivity contribution in [3.8, 4) is 0 Å². The fraction of sp³-hybridized carbons (Fsp3) is 0.333. The summed E-state index contributed by atoms with van der Waals surface area (Å²) in [5, 5.41) is 11.4. The molecule has 2 heterocycles. The molecular weight excluding hydrogens is 316 g/mol. The Morgan fingerprint density at radius 2 is 2.12 bits per heavy atom. The second-order valence-electron chi connectivity index (χ2n) is 6.05. The van der Waals surface area contributed by atoms with E-state index in [1.807, 2.05) is 48.9 Å². The van der Waals surface area contributed by atoms with Crippen LogP contribution in [0.3, 0.4) is 0 Å². The van der Waals surface area contributed by atoms with Gasteiger partial charge >= 0.3 is 0 Å². The third kappa shape index (κ3) is 4.53. The summed E-state index contributed by atoms with van der Waals surface area (Å²) in [4.78, 5) is 16.2. The maximum atomic E-state index is 12.3. The molecule has 0 spiro atoms. The zero-order valence-corrected chi connectivity index (χ0v) is 14.5. The van der Waals surface area contributed by atoms with Crippen molar-refractivity contribution in [2.75, 3.05) is 6.54 Å². The van der Waals surface area contributed by atoms with E-state index in [-0.39, 0.29) is 5.91 Å². The Kier molecular flexibility index (Phi) is 5.23. The van der Waals surface area contributed by atoms with Gasteiger partial charge in [-0.25, -0.2) is 4.98 Å². The lowest BCUT2D eigenvalue weighted by Gasteiger charge is -2.08. The normalized spacial score (nSPS) is 10.8. The van der Waals surface area contributed by atoms with Gasteiger partial charge in [0, 0.05) is 24.3 Å². The Hall–Kier alpha value is -2.96. The fourth-order valence-corrected chi connectivity index (χ4v) is 2.71. The third-order valence-electron chi connectivity index (χ3n) is 3.94. The van der Waals surface area contributed by atoms with E-state index in [0.717, 1.165) is 29.9 Å². The summed E-state index contributed by atoms with van der Waals surface area (Å²) in [5.74, 6) is -0.0613. The molecule has 0 fully saturated rings. The minimum Gasteiger partial charge on any atom is -0.352 e. The Morgan fingerprint density at radius 1 is 1.24 bits per heavy atom. The molecule has 2 aromatic heterocycles. The molecule has 0 unspecified atom stereocenters. The van der Waals surface area contributed by atoms with E-state index in [2.05, 4.69) is 20.5 Å². The van der Waals surface area contributed by atoms with E-state index in [1.165, 1.54) is 6.33 Å². The number of nitrogens with one attached hydrogen (secondary N) is 1. The number of hydrogen-bond acceptors (Lipinski definition) is 4. The van der Waals surface area contributed by atoms with Gasteiger partial charge in [-0.05, 0) is 44.0 Å². The molecule has 0 aliphatic carbocycles. The molecule has 1 amide bonds. The molecule has 0 radical (unpaired) electrons. The molecule has 0 bridgehead atoms. The molecule has 0 aliphatic rings. The fourth-order valence-electron chi connectivity index (χ4n) is 2.71. The summed E-state index contributed by atoms with van der Waals surface area (Å²) < 4.78 is 3.70. The SMILES string of the molecule is Cc1cc(C)n(Cc2cccc(C(=O)NCCCn3cncn3)c2)n1. The van der Waals surface area contributed by atoms with Gasteiger partial charge in [0.15, 0.2) is 0 Å². The zero-order chi connectivity index (χ0) is 17.6. The average molecular weight is 338 g/mol. The first kappa shape index (κ1) is 16.9. The predicted octanol–water partition coefficient (Wildman–Crippen LogP) is 1.96. The van der Waals surface area contributed by atoms with Crippen molar-refractivity contribution in [2.24, 2.45) is 0 Å². The number of aryl methyl sites for hydroxylation is 3. The van der Waals surface area contributed by atoms with Gasteiger partial charge in [0.1, 0.15) is 12.7 Å². The number of nitrogens with zero attached hydrogens (tertiary/aromatic N) is 5. The van der Waals surface area contributed by atoms with Crippen LogP contribution in [0.5, 0.6) is 0 Å². The molecule has 3 rings (SSSR count). The molecule has 0 saturated heterocycles. The van der Waals surface area contributed by atoms with Crippen LogP contribution in [-0.2, 0) is 13.1 Å². The minimum absolute atomic E-state index is 0.0613. The predicted molar refractivity (Wildman–Crippen MR) is 94.2 cm³/mol. The molecule has 3 aromatic rings. The lowest BCUT2D eigenvalue weighted by Crippen LogP contribution is -2.25. The maximum absolute atomic E-state index is 12.3. The summed E-state index contributed by atoms with van der Waals surface area (Å²) in [5.41, 5.74) is 3.83. The molecule has 25 heavy (non-hydrogen) atoms. The van der Waals surface area contributed by atoms with Crippen LogP contribution in [0.1, 0.15) is 33.7 Å². The van der Waals surface area contributed by atoms with Crippen molar-refractivity contribution in [1.29, 1.82) is 0 Å². The van der Waals surface area contributed by atoms with E-state index in [4.69, 9.17) is 0 Å². The second kappa shape index (κ2) is 7.74. The van der Waals surface area contributed by atoms with Crippen LogP contribution in [0, 0.1) is 13.8 Å². The number of rotatable bonds is 7. The van der Waals surface area contributed by atoms with Crippen molar-refractivity contribution >= 4 is 5.91 Å². The molecule has 0 aliphatic heterocycles. The molecule has 0 saturated carbocycles. The number of amides is 1. The van der Waals surface area contributed by atoms with Crippen LogP contribution in [0.15, 0.2) is 43.0 Å². The van der Waals surface area contributed by atoms with Crippen LogP contribution in [0.2, 0.25) is 0 Å². The second-order valence-corrected chi connectivity index (χ2v) is 6.05. The van der Waals surface area contributed by atoms with Gasteiger partial charge in [-0.2, -0.15) is 10.2 Å². The van der Waals surface area contributed by atoms with E-state index in [0.29, 0.717) is 18.7 Å². The van der Waals surface area contributed by atoms with Crippen molar-refractivity contribution < 1.29 is 4.79 Å². The van der Waals surface area contributed by atoms with Crippen LogP contribution in [0.25, 0.3) is 0 Å². The number of aromatic nitrogens is 5. The van der Waals surface area contributed by atoms with E-state index >= 15 is 0 Å². The van der Waals surface area contributed by atoms with E-state index < -0.39 is 0 Å². The highest BCUT2D eigenvalue weighted by atomic mass is 16.1. The Balaban J connectivity index is 1.55. The highest BCUT2D eigenvalue weighted by molar-refractivity contribution is 5.94. The smallest absolute Gasteiger partial charge is 0.251 e. The molecule has 7 heteroatoms. The first-order valence-corrected chi connectivity index (χ1v) is 8.32. The van der Waals surface area contributed by atoms with Gasteiger partial charge in [0.2, 0.25) is 0 Å². The summed E-state index contributed by atoms with van der Waals surface area (Å²) in [6, 6.07) is 9.72. The van der Waals surface area contributed by atoms with Crippen molar-refractivity contribution in [3.63, 3.8) is 0 Å². The zero-order valence-electron chi connectivity index (χ0n) is 14.5. The highest BCUT2D eigenvalue weighted by Gasteiger charge is 2.07. The summed E-state index contributed by atoms with van der Waals surface area (Å²) in [6.45, 7) is 6.00. The van der Waals surface area contributed by atoms with Gasteiger partial charge in [-0.15, -0.1) is 0 Å². The van der Waals surface area contributed by atoms with Gasteiger partial charge in [-0.3, -0.25) is 14.2 Å². The first-order chi connectivity index (χ1) is 12.1. The number of carbonyl (C=O) groups is 1. The Morgan fingerprint density at radius 3 is 2.84 bits per heavy atom. The summed E-state index contributed by atoms with van der Waals surface area (Å²) in [7, 11) is 0. The molecule has 7 nitrogen and oxygen atoms in total. The van der Waals surface area contributed by atoms with Crippen molar-refractivity contribution in [3.05, 3.63) is 65.5 Å². The van der Waals surface area contributed by atoms with Gasteiger partial charge in [0.05, 0.1) is 12.2 Å². The van der Waals surface area contributed by atoms with E-state index in [9.17, 15) is 4.79 Å². The third-order valence-corrected chi connectivity index (χ3v) is 3.94. The van der Waals surface area contributed by atoms with Crippen LogP contribution in [-0.4, -0.2) is 37.0 Å². The average Bonchev–Trinajstić information content (AvgIpc) is 3.21. The van der Waals surface area contributed by atoms with Crippen LogP contribution in [0.4, 0.5) is 0 Å². The molecule has 1 aromatic carbocycles. The van der Waals surface area contributed by atoms with Gasteiger partial charge < -0.3 is 5.32 Å².